The van der Waals surface area contributed by atoms with Crippen LogP contribution in [0.25, 0.3) is 0 Å². The molecule has 2 aromatic rings. The fraction of sp³-hybridized carbons (Fsp3) is 0.188. The molecule has 1 amide bonds. The highest BCUT2D eigenvalue weighted by molar-refractivity contribution is 5.94. The molecule has 1 atom stereocenters. The van der Waals surface area contributed by atoms with Crippen molar-refractivity contribution in [3.8, 4) is 0 Å². The number of nitrogens with one attached hydrogen (secondary N) is 1. The molecule has 0 unspecified atom stereocenters. The zero-order valence-electron chi connectivity index (χ0n) is 11.4. The maximum absolute atomic E-state index is 13.5. The zero-order chi connectivity index (χ0) is 15.4. The van der Waals surface area contributed by atoms with Crippen LogP contribution in [0.1, 0.15) is 27.6 Å². The molecule has 5 heteroatoms. The molecule has 0 bridgehead atoms. The van der Waals surface area contributed by atoms with E-state index in [0.717, 1.165) is 17.7 Å². The smallest absolute Gasteiger partial charge is 0.251 e. The van der Waals surface area contributed by atoms with E-state index in [1.165, 1.54) is 0 Å². The van der Waals surface area contributed by atoms with Gasteiger partial charge >= 0.3 is 0 Å². The van der Waals surface area contributed by atoms with E-state index in [0.29, 0.717) is 11.6 Å². The minimum absolute atomic E-state index is 0.0550. The predicted octanol–water partition coefficient (Wildman–Crippen LogP) is 2.74. The van der Waals surface area contributed by atoms with Crippen LogP contribution in [0.2, 0.25) is 0 Å². The quantitative estimate of drug-likeness (QED) is 0.910. The van der Waals surface area contributed by atoms with Gasteiger partial charge in [-0.3, -0.25) is 4.79 Å². The second kappa shape index (κ2) is 6.45. The van der Waals surface area contributed by atoms with Crippen LogP contribution in [-0.4, -0.2) is 17.6 Å². The Labute approximate surface area is 121 Å². The summed E-state index contributed by atoms with van der Waals surface area (Å²) in [6.07, 6.45) is -1.24. The summed E-state index contributed by atoms with van der Waals surface area (Å²) in [5, 5.41) is 12.4. The van der Waals surface area contributed by atoms with E-state index in [4.69, 9.17) is 0 Å². The van der Waals surface area contributed by atoms with E-state index in [9.17, 15) is 18.7 Å². The van der Waals surface area contributed by atoms with Gasteiger partial charge in [-0.1, -0.05) is 23.8 Å². The van der Waals surface area contributed by atoms with Crippen LogP contribution >= 0.6 is 0 Å². The molecular formula is C16H15F2NO2. The SMILES string of the molecule is Cc1ccc(C(=O)NC[C@@H](O)c2ccc(F)cc2F)cc1. The maximum Gasteiger partial charge on any atom is 0.251 e. The molecule has 21 heavy (non-hydrogen) atoms. The van der Waals surface area contributed by atoms with Crippen LogP contribution < -0.4 is 5.32 Å². The van der Waals surface area contributed by atoms with E-state index in [2.05, 4.69) is 5.32 Å². The van der Waals surface area contributed by atoms with Crippen LogP contribution in [0.15, 0.2) is 42.5 Å². The monoisotopic (exact) mass is 291 g/mol. The highest BCUT2D eigenvalue weighted by Gasteiger charge is 2.15. The van der Waals surface area contributed by atoms with Crippen molar-refractivity contribution in [2.75, 3.05) is 6.54 Å². The molecule has 3 nitrogen and oxygen atoms in total. The normalized spacial score (nSPS) is 12.0. The molecule has 0 saturated carbocycles. The number of carbonyl (C=O) groups excluding carboxylic acids is 1. The molecular weight excluding hydrogens is 276 g/mol. The highest BCUT2D eigenvalue weighted by Crippen LogP contribution is 2.17. The Morgan fingerprint density at radius 1 is 1.19 bits per heavy atom. The van der Waals surface area contributed by atoms with E-state index in [-0.39, 0.29) is 18.0 Å². The molecule has 110 valence electrons. The van der Waals surface area contributed by atoms with E-state index < -0.39 is 17.7 Å². The number of benzene rings is 2. The number of hydrogen-bond acceptors (Lipinski definition) is 2. The molecule has 2 N–H and O–H groups in total. The van der Waals surface area contributed by atoms with Gasteiger partial charge in [-0.25, -0.2) is 8.78 Å². The number of rotatable bonds is 4. The van der Waals surface area contributed by atoms with Crippen LogP contribution in [0.5, 0.6) is 0 Å². The van der Waals surface area contributed by atoms with Gasteiger partial charge in [0.15, 0.2) is 0 Å². The van der Waals surface area contributed by atoms with Crippen molar-refractivity contribution in [1.82, 2.24) is 5.32 Å². The molecule has 0 fully saturated rings. The molecule has 0 aliphatic rings. The Morgan fingerprint density at radius 3 is 2.48 bits per heavy atom. The number of amides is 1. The van der Waals surface area contributed by atoms with Crippen molar-refractivity contribution in [2.45, 2.75) is 13.0 Å². The maximum atomic E-state index is 13.5. The number of aryl methyl sites for hydroxylation is 1. The highest BCUT2D eigenvalue weighted by atomic mass is 19.1. The average Bonchev–Trinajstić information content (AvgIpc) is 2.45. The lowest BCUT2D eigenvalue weighted by Gasteiger charge is -2.13. The first-order valence-corrected chi connectivity index (χ1v) is 6.45. The lowest BCUT2D eigenvalue weighted by molar-refractivity contribution is 0.0914. The average molecular weight is 291 g/mol. The third-order valence-electron chi connectivity index (χ3n) is 3.09. The summed E-state index contributed by atoms with van der Waals surface area (Å²) in [5.74, 6) is -1.92. The molecule has 0 heterocycles. The molecule has 0 aliphatic carbocycles. The third-order valence-corrected chi connectivity index (χ3v) is 3.09. The fourth-order valence-electron chi connectivity index (χ4n) is 1.88. The zero-order valence-corrected chi connectivity index (χ0v) is 11.4. The van der Waals surface area contributed by atoms with Gasteiger partial charge in [0.1, 0.15) is 11.6 Å². The van der Waals surface area contributed by atoms with Crippen molar-refractivity contribution in [3.63, 3.8) is 0 Å². The minimum atomic E-state index is -1.24. The van der Waals surface area contributed by atoms with Crippen molar-refractivity contribution in [3.05, 3.63) is 70.8 Å². The van der Waals surface area contributed by atoms with Crippen LogP contribution in [-0.2, 0) is 0 Å². The van der Waals surface area contributed by atoms with Crippen LogP contribution in [0, 0.1) is 18.6 Å². The lowest BCUT2D eigenvalue weighted by atomic mass is 10.1. The Morgan fingerprint density at radius 2 is 1.86 bits per heavy atom. The van der Waals surface area contributed by atoms with Gasteiger partial charge in [0, 0.05) is 23.7 Å². The summed E-state index contributed by atoms with van der Waals surface area (Å²) in [6.45, 7) is 1.75. The van der Waals surface area contributed by atoms with Crippen molar-refractivity contribution < 1.29 is 18.7 Å². The van der Waals surface area contributed by atoms with Gasteiger partial charge in [0.05, 0.1) is 6.10 Å². The summed E-state index contributed by atoms with van der Waals surface area (Å²) < 4.78 is 26.3. The molecule has 2 rings (SSSR count). The van der Waals surface area contributed by atoms with Crippen molar-refractivity contribution in [1.29, 1.82) is 0 Å². The van der Waals surface area contributed by atoms with Gasteiger partial charge in [0.2, 0.25) is 0 Å². The number of aliphatic hydroxyl groups excluding tert-OH is 1. The largest absolute Gasteiger partial charge is 0.386 e. The van der Waals surface area contributed by atoms with Crippen LogP contribution in [0.4, 0.5) is 8.78 Å². The van der Waals surface area contributed by atoms with Gasteiger partial charge < -0.3 is 10.4 Å². The van der Waals surface area contributed by atoms with Gasteiger partial charge in [0.25, 0.3) is 5.91 Å². The Balaban J connectivity index is 1.98. The topological polar surface area (TPSA) is 49.3 Å². The van der Waals surface area contributed by atoms with E-state index >= 15 is 0 Å². The van der Waals surface area contributed by atoms with E-state index in [1.807, 2.05) is 6.92 Å². The van der Waals surface area contributed by atoms with Gasteiger partial charge in [-0.15, -0.1) is 0 Å². The van der Waals surface area contributed by atoms with Crippen molar-refractivity contribution >= 4 is 5.91 Å². The molecule has 0 saturated heterocycles. The van der Waals surface area contributed by atoms with Gasteiger partial charge in [-0.05, 0) is 25.1 Å². The lowest BCUT2D eigenvalue weighted by Crippen LogP contribution is -2.28. The summed E-state index contributed by atoms with van der Waals surface area (Å²) >= 11 is 0. The Hall–Kier alpha value is -2.27. The second-order valence-corrected chi connectivity index (χ2v) is 4.76. The summed E-state index contributed by atoms with van der Waals surface area (Å²) in [5.41, 5.74) is 1.42. The fourth-order valence-corrected chi connectivity index (χ4v) is 1.88. The molecule has 0 radical (unpaired) electrons. The number of carbonyl (C=O) groups is 1. The Bertz CT molecular complexity index is 641. The van der Waals surface area contributed by atoms with Gasteiger partial charge in [-0.2, -0.15) is 0 Å². The first kappa shape index (κ1) is 15.1. The first-order chi connectivity index (χ1) is 9.97. The first-order valence-electron chi connectivity index (χ1n) is 6.45. The minimum Gasteiger partial charge on any atom is -0.386 e. The van der Waals surface area contributed by atoms with Crippen molar-refractivity contribution in [2.24, 2.45) is 0 Å². The summed E-state index contributed by atoms with van der Waals surface area (Å²) in [6, 6.07) is 9.83. The number of halogens is 2. The number of hydrogen-bond donors (Lipinski definition) is 2. The number of aliphatic hydroxyl groups is 1. The second-order valence-electron chi connectivity index (χ2n) is 4.76. The van der Waals surface area contributed by atoms with Crippen LogP contribution in [0.3, 0.4) is 0 Å². The molecule has 0 aliphatic heterocycles. The standard InChI is InChI=1S/C16H15F2NO2/c1-10-2-4-11(5-3-10)16(21)19-9-15(20)13-7-6-12(17)8-14(13)18/h2-8,15,20H,9H2,1H3,(H,19,21)/t15-/m1/s1. The predicted molar refractivity (Wildman–Crippen MR) is 74.8 cm³/mol. The van der Waals surface area contributed by atoms with E-state index in [1.54, 1.807) is 24.3 Å². The molecule has 2 aromatic carbocycles. The molecule has 0 spiro atoms. The summed E-state index contributed by atoms with van der Waals surface area (Å²) in [7, 11) is 0. The Kier molecular flexibility index (Phi) is 4.65. The molecule has 0 aromatic heterocycles. The summed E-state index contributed by atoms with van der Waals surface area (Å²) in [4.78, 5) is 11.9. The third kappa shape index (κ3) is 3.86.